The van der Waals surface area contributed by atoms with E-state index in [4.69, 9.17) is 18.6 Å². The van der Waals surface area contributed by atoms with Crippen LogP contribution in [0.15, 0.2) is 16.5 Å². The average Bonchev–Trinajstić information content (AvgIpc) is 3.12. The van der Waals surface area contributed by atoms with Gasteiger partial charge in [-0.05, 0) is 31.9 Å². The van der Waals surface area contributed by atoms with Crippen LogP contribution in [0.1, 0.15) is 24.4 Å². The number of hydrogen-bond donors (Lipinski definition) is 0. The van der Waals surface area contributed by atoms with Crippen molar-refractivity contribution in [2.75, 3.05) is 59.2 Å². The number of aryl methyl sites for hydroxylation is 1. The third-order valence-electron chi connectivity index (χ3n) is 5.51. The van der Waals surface area contributed by atoms with Crippen molar-refractivity contribution in [2.24, 2.45) is 0 Å². The van der Waals surface area contributed by atoms with Gasteiger partial charge in [-0.15, -0.1) is 0 Å². The first-order valence-electron chi connectivity index (χ1n) is 9.54. The van der Waals surface area contributed by atoms with Gasteiger partial charge in [-0.2, -0.15) is 0 Å². The van der Waals surface area contributed by atoms with Gasteiger partial charge in [-0.1, -0.05) is 0 Å². The first-order valence-corrected chi connectivity index (χ1v) is 9.54. The zero-order valence-electron chi connectivity index (χ0n) is 15.2. The number of ether oxygens (including phenoxy) is 3. The van der Waals surface area contributed by atoms with E-state index in [0.717, 1.165) is 83.5 Å². The second-order valence-corrected chi connectivity index (χ2v) is 7.65. The Morgan fingerprint density at radius 1 is 1.08 bits per heavy atom. The number of morpholine rings is 1. The molecule has 0 radical (unpaired) electrons. The highest BCUT2D eigenvalue weighted by Crippen LogP contribution is 2.34. The van der Waals surface area contributed by atoms with Crippen LogP contribution in [0.25, 0.3) is 0 Å². The second kappa shape index (κ2) is 7.76. The van der Waals surface area contributed by atoms with Crippen LogP contribution in [0.4, 0.5) is 0 Å². The minimum atomic E-state index is -0.158. The Kier molecular flexibility index (Phi) is 5.43. The van der Waals surface area contributed by atoms with Crippen molar-refractivity contribution in [2.45, 2.75) is 38.0 Å². The lowest BCUT2D eigenvalue weighted by Crippen LogP contribution is -2.46. The van der Waals surface area contributed by atoms with E-state index < -0.39 is 0 Å². The van der Waals surface area contributed by atoms with E-state index in [1.165, 1.54) is 0 Å². The molecule has 3 aliphatic rings. The number of furan rings is 1. The normalized spacial score (nSPS) is 32.3. The fourth-order valence-corrected chi connectivity index (χ4v) is 4.23. The standard InChI is InChI=1S/C19H30N2O4/c1-16-2-3-17(24-16)12-21-8-11-23-15-19(14-21)5-4-18(25-19)13-20-6-9-22-10-7-20/h2-3,18H,4-15H2,1H3/t18-,19-/m0/s1. The molecule has 0 bridgehead atoms. The average molecular weight is 350 g/mol. The van der Waals surface area contributed by atoms with E-state index in [0.29, 0.717) is 12.7 Å². The lowest BCUT2D eigenvalue weighted by molar-refractivity contribution is -0.0969. The van der Waals surface area contributed by atoms with Crippen molar-refractivity contribution < 1.29 is 18.6 Å². The molecule has 0 unspecified atom stereocenters. The Labute approximate surface area is 150 Å². The molecular formula is C19H30N2O4. The topological polar surface area (TPSA) is 47.3 Å². The summed E-state index contributed by atoms with van der Waals surface area (Å²) in [4.78, 5) is 4.89. The molecule has 6 heteroatoms. The molecule has 0 amide bonds. The van der Waals surface area contributed by atoms with Crippen LogP contribution in [0.5, 0.6) is 0 Å². The van der Waals surface area contributed by atoms with Gasteiger partial charge in [0.15, 0.2) is 0 Å². The predicted octanol–water partition coefficient (Wildman–Crippen LogP) is 1.67. The van der Waals surface area contributed by atoms with E-state index in [-0.39, 0.29) is 5.60 Å². The van der Waals surface area contributed by atoms with Gasteiger partial charge in [0.25, 0.3) is 0 Å². The molecule has 1 spiro atoms. The maximum Gasteiger partial charge on any atom is 0.118 e. The van der Waals surface area contributed by atoms with Gasteiger partial charge >= 0.3 is 0 Å². The molecule has 0 aromatic carbocycles. The van der Waals surface area contributed by atoms with Gasteiger partial charge < -0.3 is 18.6 Å². The minimum Gasteiger partial charge on any atom is -0.465 e. The Bertz CT molecular complexity index is 557. The molecular weight excluding hydrogens is 320 g/mol. The summed E-state index contributed by atoms with van der Waals surface area (Å²) >= 11 is 0. The third-order valence-corrected chi connectivity index (χ3v) is 5.51. The molecule has 4 heterocycles. The molecule has 0 saturated carbocycles. The SMILES string of the molecule is Cc1ccc(CN2CCOC[C@]3(CC[C@@H](CN4CCOCC4)O3)C2)o1. The number of hydrogen-bond acceptors (Lipinski definition) is 6. The van der Waals surface area contributed by atoms with Gasteiger partial charge in [0.05, 0.1) is 39.1 Å². The monoisotopic (exact) mass is 350 g/mol. The zero-order chi connectivity index (χ0) is 17.1. The van der Waals surface area contributed by atoms with Crippen molar-refractivity contribution >= 4 is 0 Å². The summed E-state index contributed by atoms with van der Waals surface area (Å²) in [7, 11) is 0. The van der Waals surface area contributed by atoms with E-state index in [2.05, 4.69) is 15.9 Å². The Morgan fingerprint density at radius 2 is 1.88 bits per heavy atom. The fourth-order valence-electron chi connectivity index (χ4n) is 4.23. The summed E-state index contributed by atoms with van der Waals surface area (Å²) in [6, 6.07) is 4.11. The van der Waals surface area contributed by atoms with E-state index in [9.17, 15) is 0 Å². The summed E-state index contributed by atoms with van der Waals surface area (Å²) in [5.41, 5.74) is -0.158. The molecule has 3 fully saturated rings. The van der Waals surface area contributed by atoms with E-state index in [1.807, 2.05) is 13.0 Å². The lowest BCUT2D eigenvalue weighted by atomic mass is 10.00. The number of rotatable bonds is 4. The molecule has 25 heavy (non-hydrogen) atoms. The van der Waals surface area contributed by atoms with E-state index in [1.54, 1.807) is 0 Å². The molecule has 3 aliphatic heterocycles. The Balaban J connectivity index is 1.35. The fraction of sp³-hybridized carbons (Fsp3) is 0.789. The second-order valence-electron chi connectivity index (χ2n) is 7.65. The summed E-state index contributed by atoms with van der Waals surface area (Å²) in [5.74, 6) is 2.00. The van der Waals surface area contributed by atoms with Crippen molar-refractivity contribution in [3.63, 3.8) is 0 Å². The highest BCUT2D eigenvalue weighted by molar-refractivity contribution is 5.06. The minimum absolute atomic E-state index is 0.158. The summed E-state index contributed by atoms with van der Waals surface area (Å²) in [6.45, 7) is 10.9. The zero-order valence-corrected chi connectivity index (χ0v) is 15.2. The van der Waals surface area contributed by atoms with Crippen LogP contribution >= 0.6 is 0 Å². The quantitative estimate of drug-likeness (QED) is 0.823. The van der Waals surface area contributed by atoms with Gasteiger partial charge in [0.1, 0.15) is 17.1 Å². The van der Waals surface area contributed by atoms with Gasteiger partial charge in [0.2, 0.25) is 0 Å². The third kappa shape index (κ3) is 4.44. The van der Waals surface area contributed by atoms with Crippen LogP contribution in [0.3, 0.4) is 0 Å². The van der Waals surface area contributed by atoms with Gasteiger partial charge in [-0.25, -0.2) is 0 Å². The van der Waals surface area contributed by atoms with Crippen LogP contribution < -0.4 is 0 Å². The Hall–Kier alpha value is -0.920. The molecule has 2 atom stereocenters. The molecule has 1 aromatic rings. The number of nitrogens with zero attached hydrogens (tertiary/aromatic N) is 2. The van der Waals surface area contributed by atoms with Crippen molar-refractivity contribution in [1.82, 2.24) is 9.80 Å². The van der Waals surface area contributed by atoms with E-state index >= 15 is 0 Å². The first-order chi connectivity index (χ1) is 12.2. The largest absolute Gasteiger partial charge is 0.465 e. The van der Waals surface area contributed by atoms with Crippen molar-refractivity contribution in [1.29, 1.82) is 0 Å². The smallest absolute Gasteiger partial charge is 0.118 e. The highest BCUT2D eigenvalue weighted by atomic mass is 16.6. The molecule has 6 nitrogen and oxygen atoms in total. The maximum absolute atomic E-state index is 6.57. The van der Waals surface area contributed by atoms with Gasteiger partial charge in [-0.3, -0.25) is 9.80 Å². The van der Waals surface area contributed by atoms with Crippen LogP contribution in [-0.2, 0) is 20.8 Å². The summed E-state index contributed by atoms with van der Waals surface area (Å²) in [5, 5.41) is 0. The van der Waals surface area contributed by atoms with Crippen LogP contribution in [0, 0.1) is 6.92 Å². The first kappa shape index (κ1) is 17.5. The molecule has 0 aliphatic carbocycles. The van der Waals surface area contributed by atoms with Crippen LogP contribution in [-0.4, -0.2) is 80.7 Å². The maximum atomic E-state index is 6.57. The van der Waals surface area contributed by atoms with Crippen molar-refractivity contribution in [3.05, 3.63) is 23.7 Å². The Morgan fingerprint density at radius 3 is 2.68 bits per heavy atom. The highest BCUT2D eigenvalue weighted by Gasteiger charge is 2.43. The molecule has 140 valence electrons. The van der Waals surface area contributed by atoms with Crippen molar-refractivity contribution in [3.8, 4) is 0 Å². The molecule has 4 rings (SSSR count). The van der Waals surface area contributed by atoms with Crippen LogP contribution in [0.2, 0.25) is 0 Å². The molecule has 3 saturated heterocycles. The van der Waals surface area contributed by atoms with Gasteiger partial charge in [0, 0.05) is 32.7 Å². The summed E-state index contributed by atoms with van der Waals surface area (Å²) in [6.07, 6.45) is 2.51. The summed E-state index contributed by atoms with van der Waals surface area (Å²) < 4.78 is 23.7. The lowest BCUT2D eigenvalue weighted by Gasteiger charge is -2.33. The predicted molar refractivity (Wildman–Crippen MR) is 93.6 cm³/mol. The molecule has 1 aromatic heterocycles. The molecule has 0 N–H and O–H groups in total.